The van der Waals surface area contributed by atoms with Crippen LogP contribution in [0.2, 0.25) is 0 Å². The number of fused-ring (bicyclic) bond motifs is 9. The van der Waals surface area contributed by atoms with Crippen molar-refractivity contribution in [3.8, 4) is 5.75 Å². The second-order valence-corrected chi connectivity index (χ2v) is 13.1. The lowest BCUT2D eigenvalue weighted by molar-refractivity contribution is -0.160. The van der Waals surface area contributed by atoms with E-state index in [0.29, 0.717) is 24.4 Å². The second kappa shape index (κ2) is 12.0. The maximum atomic E-state index is 13.4. The van der Waals surface area contributed by atoms with E-state index in [-0.39, 0.29) is 17.0 Å². The van der Waals surface area contributed by atoms with E-state index in [1.165, 1.54) is 0 Å². The number of nitrogens with zero attached hydrogens (tertiary/aromatic N) is 3. The molecule has 0 saturated carbocycles. The number of carboxylic acid groups (broad SMARTS) is 1. The number of ether oxygens (including phenoxy) is 2. The molecule has 1 unspecified atom stereocenters. The quantitative estimate of drug-likeness (QED) is 0.390. The highest BCUT2D eigenvalue weighted by Crippen LogP contribution is 2.41. The Morgan fingerprint density at radius 1 is 1.14 bits per heavy atom. The number of carbonyl (C=O) groups is 2. The van der Waals surface area contributed by atoms with Crippen LogP contribution in [0.1, 0.15) is 99.5 Å². The van der Waals surface area contributed by atoms with Crippen LogP contribution in [0.25, 0.3) is 5.65 Å². The Morgan fingerprint density at radius 3 is 2.60 bits per heavy atom. The fourth-order valence-corrected chi connectivity index (χ4v) is 6.16. The predicted molar refractivity (Wildman–Crippen MR) is 162 cm³/mol. The van der Waals surface area contributed by atoms with Gasteiger partial charge in [-0.05, 0) is 76.5 Å². The summed E-state index contributed by atoms with van der Waals surface area (Å²) < 4.78 is 14.2. The van der Waals surface area contributed by atoms with Crippen molar-refractivity contribution in [3.63, 3.8) is 0 Å². The monoisotopic (exact) mass is 576 g/mol. The molecule has 3 aliphatic heterocycles. The fourth-order valence-electron chi connectivity index (χ4n) is 6.16. The molecule has 2 aromatic heterocycles. The standard InChI is InChI=1S/C33H44N4O5/c1-22-19-26-35-24-21-37(26)30(27(22)28(31(39)40)42-32(2,3)4)36-16-14-33(5,15-17-36)13-9-6-10-18-41-25-12-8-7-11-23(25)20-34-29(24)38/h7-8,11-12,19,21,28H,6,9-10,13-18,20H2,1-5H3,(H,34,38)(H,39,40). The molecular weight excluding hydrogens is 532 g/mol. The number of carbonyl (C=O) groups excluding carboxylic acids is 1. The maximum absolute atomic E-state index is 13.4. The third kappa shape index (κ3) is 6.56. The molecule has 1 fully saturated rings. The summed E-state index contributed by atoms with van der Waals surface area (Å²) in [5, 5.41) is 13.4. The van der Waals surface area contributed by atoms with E-state index in [4.69, 9.17) is 14.5 Å². The molecule has 2 N–H and O–H groups in total. The van der Waals surface area contributed by atoms with Gasteiger partial charge in [0.15, 0.2) is 6.10 Å². The van der Waals surface area contributed by atoms with E-state index in [2.05, 4.69) is 17.1 Å². The van der Waals surface area contributed by atoms with E-state index >= 15 is 0 Å². The Labute approximate surface area is 248 Å². The summed E-state index contributed by atoms with van der Waals surface area (Å²) in [5.41, 5.74) is 2.70. The number of rotatable bonds is 3. The normalized spacial score (nSPS) is 18.9. The van der Waals surface area contributed by atoms with Crippen LogP contribution in [-0.2, 0) is 16.1 Å². The highest BCUT2D eigenvalue weighted by atomic mass is 16.5. The molecule has 0 spiro atoms. The topological polar surface area (TPSA) is 105 Å². The number of aryl methyl sites for hydroxylation is 1. The number of piperidine rings is 1. The molecule has 0 aliphatic carbocycles. The van der Waals surface area contributed by atoms with Crippen molar-refractivity contribution in [2.75, 3.05) is 24.6 Å². The van der Waals surface area contributed by atoms with E-state index in [1.807, 2.05) is 62.4 Å². The van der Waals surface area contributed by atoms with E-state index in [0.717, 1.165) is 74.3 Å². The molecule has 3 aromatic rings. The number of hydrogen-bond donors (Lipinski definition) is 2. The smallest absolute Gasteiger partial charge is 0.337 e. The number of hydrogen-bond acceptors (Lipinski definition) is 6. The van der Waals surface area contributed by atoms with Crippen molar-refractivity contribution in [2.24, 2.45) is 5.41 Å². The fraction of sp³-hybridized carbons (Fsp3) is 0.545. The number of amides is 1. The van der Waals surface area contributed by atoms with Gasteiger partial charge in [-0.2, -0.15) is 0 Å². The lowest BCUT2D eigenvalue weighted by Crippen LogP contribution is -2.41. The summed E-state index contributed by atoms with van der Waals surface area (Å²) >= 11 is 0. The third-order valence-corrected chi connectivity index (χ3v) is 8.53. The van der Waals surface area contributed by atoms with Gasteiger partial charge < -0.3 is 24.8 Å². The summed E-state index contributed by atoms with van der Waals surface area (Å²) in [6.07, 6.45) is 6.91. The van der Waals surface area contributed by atoms with Crippen molar-refractivity contribution >= 4 is 23.3 Å². The van der Waals surface area contributed by atoms with Gasteiger partial charge in [-0.25, -0.2) is 9.78 Å². The van der Waals surface area contributed by atoms with E-state index in [9.17, 15) is 14.7 Å². The van der Waals surface area contributed by atoms with Crippen molar-refractivity contribution in [1.29, 1.82) is 0 Å². The molecule has 9 heteroatoms. The van der Waals surface area contributed by atoms with E-state index in [1.54, 1.807) is 6.20 Å². The second-order valence-electron chi connectivity index (χ2n) is 13.1. The van der Waals surface area contributed by atoms with Gasteiger partial charge in [0, 0.05) is 37.0 Å². The zero-order chi connectivity index (χ0) is 30.1. The van der Waals surface area contributed by atoms with Gasteiger partial charge in [0.25, 0.3) is 5.91 Å². The zero-order valence-electron chi connectivity index (χ0n) is 25.5. The van der Waals surface area contributed by atoms with Crippen molar-refractivity contribution in [1.82, 2.24) is 14.7 Å². The number of anilines is 1. The van der Waals surface area contributed by atoms with Crippen LogP contribution in [0.3, 0.4) is 0 Å². The number of benzene rings is 1. The minimum Gasteiger partial charge on any atom is -0.493 e. The first-order chi connectivity index (χ1) is 19.9. The van der Waals surface area contributed by atoms with Gasteiger partial charge in [0.05, 0.1) is 12.2 Å². The summed E-state index contributed by atoms with van der Waals surface area (Å²) in [4.78, 5) is 33.0. The minimum absolute atomic E-state index is 0.212. The molecule has 3 aliphatic rings. The maximum Gasteiger partial charge on any atom is 0.337 e. The Hall–Kier alpha value is -3.59. The molecule has 42 heavy (non-hydrogen) atoms. The average molecular weight is 577 g/mol. The van der Waals surface area contributed by atoms with Crippen LogP contribution in [0.5, 0.6) is 5.75 Å². The highest BCUT2D eigenvalue weighted by molar-refractivity contribution is 5.93. The highest BCUT2D eigenvalue weighted by Gasteiger charge is 2.36. The van der Waals surface area contributed by atoms with Crippen molar-refractivity contribution < 1.29 is 24.2 Å². The SMILES string of the molecule is Cc1cc2nc3cn2c(c1C(OC(C)(C)C)C(=O)O)N1CCC(C)(CCCCCOc2ccccc2CNC3=O)CC1. The number of para-hydroxylation sites is 1. The number of aromatic nitrogens is 2. The number of nitrogens with one attached hydrogen (secondary N) is 1. The average Bonchev–Trinajstić information content (AvgIpc) is 3.35. The Balaban J connectivity index is 1.60. The Kier molecular flexibility index (Phi) is 8.51. The summed E-state index contributed by atoms with van der Waals surface area (Å²) in [6, 6.07) is 9.64. The van der Waals surface area contributed by atoms with Crippen molar-refractivity contribution in [2.45, 2.75) is 91.4 Å². The lowest BCUT2D eigenvalue weighted by Gasteiger charge is -2.42. The number of imidazole rings is 1. The molecule has 1 amide bonds. The molecule has 6 rings (SSSR count). The zero-order valence-corrected chi connectivity index (χ0v) is 25.5. The van der Waals surface area contributed by atoms with Gasteiger partial charge in [-0.15, -0.1) is 0 Å². The first-order valence-corrected chi connectivity index (χ1v) is 15.1. The Bertz CT molecular complexity index is 1450. The van der Waals surface area contributed by atoms with Crippen LogP contribution in [0.15, 0.2) is 36.5 Å². The van der Waals surface area contributed by atoms with Crippen molar-refractivity contribution in [3.05, 3.63) is 58.9 Å². The van der Waals surface area contributed by atoms with Gasteiger partial charge in [0.1, 0.15) is 22.9 Å². The van der Waals surface area contributed by atoms with Crippen LogP contribution in [-0.4, -0.2) is 51.7 Å². The molecule has 5 heterocycles. The first-order valence-electron chi connectivity index (χ1n) is 15.1. The molecule has 4 bridgehead atoms. The van der Waals surface area contributed by atoms with Crippen LogP contribution in [0.4, 0.5) is 5.82 Å². The summed E-state index contributed by atoms with van der Waals surface area (Å²) in [5.74, 6) is 0.181. The third-order valence-electron chi connectivity index (χ3n) is 8.53. The van der Waals surface area contributed by atoms with E-state index < -0.39 is 17.7 Å². The van der Waals surface area contributed by atoms with Crippen LogP contribution >= 0.6 is 0 Å². The summed E-state index contributed by atoms with van der Waals surface area (Å²) in [6.45, 7) is 12.4. The van der Waals surface area contributed by atoms with Gasteiger partial charge in [-0.3, -0.25) is 9.20 Å². The predicted octanol–water partition coefficient (Wildman–Crippen LogP) is 6.07. The van der Waals surface area contributed by atoms with Gasteiger partial charge in [-0.1, -0.05) is 38.0 Å². The van der Waals surface area contributed by atoms with Gasteiger partial charge in [0.2, 0.25) is 0 Å². The molecule has 1 aromatic carbocycles. The molecule has 0 radical (unpaired) electrons. The molecule has 1 saturated heterocycles. The molecular formula is C33H44N4O5. The number of carboxylic acids is 1. The minimum atomic E-state index is -1.17. The largest absolute Gasteiger partial charge is 0.493 e. The number of pyridine rings is 1. The Morgan fingerprint density at radius 2 is 1.88 bits per heavy atom. The van der Waals surface area contributed by atoms with Crippen LogP contribution in [0, 0.1) is 12.3 Å². The molecule has 9 nitrogen and oxygen atoms in total. The van der Waals surface area contributed by atoms with Crippen LogP contribution < -0.4 is 15.0 Å². The molecule has 1 atom stereocenters. The van der Waals surface area contributed by atoms with Gasteiger partial charge >= 0.3 is 5.97 Å². The first kappa shape index (κ1) is 29.9. The molecule has 226 valence electrons. The number of aliphatic carboxylic acids is 1. The summed E-state index contributed by atoms with van der Waals surface area (Å²) in [7, 11) is 0. The lowest BCUT2D eigenvalue weighted by atomic mass is 9.76.